The van der Waals surface area contributed by atoms with Crippen molar-refractivity contribution in [2.45, 2.75) is 43.4 Å². The maximum atomic E-state index is 5.87. The van der Waals surface area contributed by atoms with Crippen molar-refractivity contribution < 1.29 is 4.74 Å². The van der Waals surface area contributed by atoms with E-state index >= 15 is 0 Å². The van der Waals surface area contributed by atoms with Crippen molar-refractivity contribution in [3.05, 3.63) is 16.1 Å². The molecule has 3 nitrogen and oxygen atoms in total. The van der Waals surface area contributed by atoms with Gasteiger partial charge >= 0.3 is 0 Å². The number of hydrogen-bond donors (Lipinski definition) is 1. The van der Waals surface area contributed by atoms with Gasteiger partial charge in [0.05, 0.1) is 29.3 Å². The lowest BCUT2D eigenvalue weighted by molar-refractivity contribution is -0.0569. The quantitative estimate of drug-likeness (QED) is 0.898. The Kier molecular flexibility index (Phi) is 3.19. The van der Waals surface area contributed by atoms with E-state index in [-0.39, 0.29) is 5.41 Å². The maximum Gasteiger partial charge on any atom is 0.0959 e. The van der Waals surface area contributed by atoms with Crippen molar-refractivity contribution >= 4 is 11.3 Å². The summed E-state index contributed by atoms with van der Waals surface area (Å²) >= 11 is 1.83. The molecule has 1 aliphatic heterocycles. The lowest BCUT2D eigenvalue weighted by Crippen LogP contribution is -2.52. The summed E-state index contributed by atoms with van der Waals surface area (Å²) in [6.45, 7) is 2.15. The summed E-state index contributed by atoms with van der Waals surface area (Å²) in [5.74, 6) is 0.707. The average molecular weight is 252 g/mol. The molecule has 0 radical (unpaired) electrons. The molecule has 1 saturated carbocycles. The maximum absolute atomic E-state index is 5.87. The van der Waals surface area contributed by atoms with E-state index in [9.17, 15) is 0 Å². The Labute approximate surface area is 106 Å². The first-order chi connectivity index (χ1) is 8.34. The number of aromatic nitrogens is 1. The van der Waals surface area contributed by atoms with Crippen molar-refractivity contribution in [2.24, 2.45) is 5.73 Å². The summed E-state index contributed by atoms with van der Waals surface area (Å²) in [4.78, 5) is 4.86. The van der Waals surface area contributed by atoms with Crippen LogP contribution in [0.3, 0.4) is 0 Å². The smallest absolute Gasteiger partial charge is 0.0959 e. The van der Waals surface area contributed by atoms with Gasteiger partial charge in [-0.15, -0.1) is 11.3 Å². The van der Waals surface area contributed by atoms with Crippen molar-refractivity contribution in [3.8, 4) is 0 Å². The summed E-state index contributed by atoms with van der Waals surface area (Å²) < 4.78 is 5.32. The molecule has 94 valence electrons. The molecule has 0 amide bonds. The van der Waals surface area contributed by atoms with Crippen molar-refractivity contribution in [1.29, 1.82) is 0 Å². The Morgan fingerprint density at radius 3 is 2.71 bits per heavy atom. The molecule has 3 rings (SSSR count). The molecule has 1 aromatic heterocycles. The second kappa shape index (κ2) is 4.67. The number of hydrogen-bond acceptors (Lipinski definition) is 4. The van der Waals surface area contributed by atoms with Gasteiger partial charge in [-0.2, -0.15) is 0 Å². The highest BCUT2D eigenvalue weighted by molar-refractivity contribution is 7.09. The Balaban J connectivity index is 1.77. The minimum atomic E-state index is 0.0312. The molecular weight excluding hydrogens is 232 g/mol. The van der Waals surface area contributed by atoms with Crippen LogP contribution in [0.1, 0.15) is 48.7 Å². The third kappa shape index (κ3) is 2.02. The zero-order chi connectivity index (χ0) is 11.7. The number of ether oxygens (including phenoxy) is 1. The molecule has 2 N–H and O–H groups in total. The molecule has 17 heavy (non-hydrogen) atoms. The van der Waals surface area contributed by atoms with E-state index in [2.05, 4.69) is 5.38 Å². The number of rotatable bonds is 3. The third-order valence-electron chi connectivity index (χ3n) is 4.17. The van der Waals surface area contributed by atoms with Crippen molar-refractivity contribution in [1.82, 2.24) is 4.98 Å². The number of nitrogens with two attached hydrogens (primary N) is 1. The fourth-order valence-corrected chi connectivity index (χ4v) is 3.90. The van der Waals surface area contributed by atoms with E-state index in [1.165, 1.54) is 42.8 Å². The lowest BCUT2D eigenvalue weighted by Gasteiger charge is -2.39. The Morgan fingerprint density at radius 1 is 1.35 bits per heavy atom. The SMILES string of the molecule is NCC1(c2csc(C3CCCCC3)n2)COC1. The Morgan fingerprint density at radius 2 is 2.12 bits per heavy atom. The van der Waals surface area contributed by atoms with Gasteiger partial charge in [-0.05, 0) is 12.8 Å². The summed E-state index contributed by atoms with van der Waals surface area (Å²) in [5, 5.41) is 3.54. The number of nitrogens with zero attached hydrogens (tertiary/aromatic N) is 1. The molecular formula is C13H20N2OS. The van der Waals surface area contributed by atoms with Crippen LogP contribution >= 0.6 is 11.3 Å². The van der Waals surface area contributed by atoms with E-state index < -0.39 is 0 Å². The summed E-state index contributed by atoms with van der Waals surface area (Å²) in [7, 11) is 0. The second-order valence-corrected chi connectivity index (χ2v) is 6.27. The molecule has 1 aliphatic carbocycles. The molecule has 0 bridgehead atoms. The topological polar surface area (TPSA) is 48.1 Å². The number of thiazole rings is 1. The van der Waals surface area contributed by atoms with Crippen LogP contribution in [-0.4, -0.2) is 24.7 Å². The Bertz CT molecular complexity index is 375. The first-order valence-corrected chi connectivity index (χ1v) is 7.46. The van der Waals surface area contributed by atoms with Gasteiger partial charge in [0, 0.05) is 17.8 Å². The molecule has 0 unspecified atom stereocenters. The first kappa shape index (κ1) is 11.6. The van der Waals surface area contributed by atoms with Crippen LogP contribution in [-0.2, 0) is 10.2 Å². The molecule has 4 heteroatoms. The van der Waals surface area contributed by atoms with Gasteiger partial charge in [0.2, 0.25) is 0 Å². The molecule has 2 aliphatic rings. The monoisotopic (exact) mass is 252 g/mol. The average Bonchev–Trinajstić information content (AvgIpc) is 2.80. The third-order valence-corrected chi connectivity index (χ3v) is 5.17. The van der Waals surface area contributed by atoms with Crippen LogP contribution in [0.2, 0.25) is 0 Å². The van der Waals surface area contributed by atoms with Gasteiger partial charge in [0.25, 0.3) is 0 Å². The van der Waals surface area contributed by atoms with E-state index in [1.54, 1.807) is 0 Å². The highest BCUT2D eigenvalue weighted by Crippen LogP contribution is 2.38. The minimum absolute atomic E-state index is 0.0312. The van der Waals surface area contributed by atoms with Gasteiger partial charge in [-0.3, -0.25) is 0 Å². The van der Waals surface area contributed by atoms with Crippen LogP contribution in [0.25, 0.3) is 0 Å². The minimum Gasteiger partial charge on any atom is -0.379 e. The summed E-state index contributed by atoms with van der Waals surface area (Å²) in [5.41, 5.74) is 7.08. The van der Waals surface area contributed by atoms with E-state index in [1.807, 2.05) is 11.3 Å². The predicted molar refractivity (Wildman–Crippen MR) is 69.5 cm³/mol. The molecule has 0 atom stereocenters. The first-order valence-electron chi connectivity index (χ1n) is 6.58. The van der Waals surface area contributed by atoms with Gasteiger partial charge in [0.15, 0.2) is 0 Å². The van der Waals surface area contributed by atoms with E-state index in [4.69, 9.17) is 15.5 Å². The van der Waals surface area contributed by atoms with Crippen molar-refractivity contribution in [2.75, 3.05) is 19.8 Å². The zero-order valence-corrected chi connectivity index (χ0v) is 11.0. The van der Waals surface area contributed by atoms with Crippen LogP contribution < -0.4 is 5.73 Å². The van der Waals surface area contributed by atoms with Crippen LogP contribution in [0.5, 0.6) is 0 Å². The fraction of sp³-hybridized carbons (Fsp3) is 0.769. The van der Waals surface area contributed by atoms with E-state index in [0.29, 0.717) is 12.5 Å². The van der Waals surface area contributed by atoms with Gasteiger partial charge < -0.3 is 10.5 Å². The summed E-state index contributed by atoms with van der Waals surface area (Å²) in [6, 6.07) is 0. The summed E-state index contributed by atoms with van der Waals surface area (Å²) in [6.07, 6.45) is 6.77. The Hall–Kier alpha value is -0.450. The molecule has 1 aromatic rings. The van der Waals surface area contributed by atoms with Crippen molar-refractivity contribution in [3.63, 3.8) is 0 Å². The molecule has 1 saturated heterocycles. The van der Waals surface area contributed by atoms with Gasteiger partial charge in [-0.25, -0.2) is 4.98 Å². The molecule has 2 heterocycles. The van der Waals surface area contributed by atoms with Crippen LogP contribution in [0.15, 0.2) is 5.38 Å². The van der Waals surface area contributed by atoms with Gasteiger partial charge in [-0.1, -0.05) is 19.3 Å². The standard InChI is InChI=1S/C13H20N2OS/c14-7-13(8-16-9-13)11-6-17-12(15-11)10-4-2-1-3-5-10/h6,10H,1-5,7-9,14H2. The molecule has 2 fully saturated rings. The highest BCUT2D eigenvalue weighted by atomic mass is 32.1. The fourth-order valence-electron chi connectivity index (χ4n) is 2.79. The largest absolute Gasteiger partial charge is 0.379 e. The zero-order valence-electron chi connectivity index (χ0n) is 10.2. The molecule has 0 aromatic carbocycles. The normalized spacial score (nSPS) is 24.5. The predicted octanol–water partition coefficient (Wildman–Crippen LogP) is 2.42. The molecule has 0 spiro atoms. The highest BCUT2D eigenvalue weighted by Gasteiger charge is 2.41. The second-order valence-electron chi connectivity index (χ2n) is 5.38. The van der Waals surface area contributed by atoms with Gasteiger partial charge in [0.1, 0.15) is 0 Å². The van der Waals surface area contributed by atoms with Crippen LogP contribution in [0, 0.1) is 0 Å². The lowest BCUT2D eigenvalue weighted by atomic mass is 9.83. The van der Waals surface area contributed by atoms with Crippen LogP contribution in [0.4, 0.5) is 0 Å². The van der Waals surface area contributed by atoms with E-state index in [0.717, 1.165) is 13.2 Å².